The minimum Gasteiger partial charge on any atom is -0.494 e. The number of benzene rings is 1. The van der Waals surface area contributed by atoms with E-state index in [2.05, 4.69) is 15.1 Å². The van der Waals surface area contributed by atoms with Gasteiger partial charge < -0.3 is 4.74 Å². The second-order valence-electron chi connectivity index (χ2n) is 5.68. The van der Waals surface area contributed by atoms with Gasteiger partial charge in [0.15, 0.2) is 5.78 Å². The fourth-order valence-electron chi connectivity index (χ4n) is 2.42. The van der Waals surface area contributed by atoms with Gasteiger partial charge in [-0.3, -0.25) is 4.79 Å². The molecule has 3 rings (SSSR count). The molecule has 2 heterocycles. The third-order valence-electron chi connectivity index (χ3n) is 4.06. The van der Waals surface area contributed by atoms with Crippen molar-refractivity contribution >= 4 is 23.3 Å². The first-order chi connectivity index (χ1) is 12.0. The summed E-state index contributed by atoms with van der Waals surface area (Å²) < 4.78 is 7.12. The van der Waals surface area contributed by atoms with Crippen LogP contribution in [0, 0.1) is 20.8 Å². The molecule has 0 bridgehead atoms. The number of ketones is 1. The summed E-state index contributed by atoms with van der Waals surface area (Å²) in [5, 5.41) is 5.01. The average Bonchev–Trinajstić information content (AvgIpc) is 3.01. The zero-order chi connectivity index (χ0) is 18.0. The number of ether oxygens (including phenoxy) is 1. The van der Waals surface area contributed by atoms with E-state index in [-0.39, 0.29) is 11.5 Å². The first kappa shape index (κ1) is 17.4. The summed E-state index contributed by atoms with van der Waals surface area (Å²) in [5.41, 5.74) is 3.71. The second-order valence-corrected chi connectivity index (χ2v) is 6.63. The normalized spacial score (nSPS) is 11.0. The molecule has 0 aliphatic carbocycles. The van der Waals surface area contributed by atoms with Gasteiger partial charge in [0.05, 0.1) is 12.4 Å². The van der Waals surface area contributed by atoms with E-state index < -0.39 is 0 Å². The van der Waals surface area contributed by atoms with Gasteiger partial charge in [-0.2, -0.15) is 4.98 Å². The molecule has 0 N–H and O–H groups in total. The largest absolute Gasteiger partial charge is 0.494 e. The number of Topliss-reactive ketones (excluding diaryl/α,β-unsaturated/α-hetero) is 1. The number of thioether (sulfide) groups is 1. The lowest BCUT2D eigenvalue weighted by molar-refractivity contribution is 0.102. The minimum absolute atomic E-state index is 0.0314. The molecule has 0 spiro atoms. The molecule has 130 valence electrons. The van der Waals surface area contributed by atoms with Crippen molar-refractivity contribution in [2.24, 2.45) is 0 Å². The predicted octanol–water partition coefficient (Wildman–Crippen LogP) is 3.42. The molecule has 0 saturated carbocycles. The van der Waals surface area contributed by atoms with E-state index >= 15 is 0 Å². The molecule has 0 aliphatic heterocycles. The van der Waals surface area contributed by atoms with Crippen LogP contribution in [0.25, 0.3) is 5.78 Å². The smallest absolute Gasteiger partial charge is 0.253 e. The van der Waals surface area contributed by atoms with Gasteiger partial charge in [0, 0.05) is 17.0 Å². The molecule has 3 aromatic rings. The van der Waals surface area contributed by atoms with E-state index in [1.165, 1.54) is 11.8 Å². The molecule has 0 amide bonds. The quantitative estimate of drug-likeness (QED) is 0.498. The number of fused-ring (bicyclic) bond motifs is 1. The number of hydrogen-bond donors (Lipinski definition) is 0. The Kier molecular flexibility index (Phi) is 5.03. The molecule has 0 aliphatic rings. The number of rotatable bonds is 6. The van der Waals surface area contributed by atoms with Crippen LogP contribution in [0.4, 0.5) is 0 Å². The molecule has 0 atom stereocenters. The zero-order valence-corrected chi connectivity index (χ0v) is 15.6. The maximum absolute atomic E-state index is 12.3. The van der Waals surface area contributed by atoms with Crippen LogP contribution in [0.2, 0.25) is 0 Å². The fraction of sp³-hybridized carbons (Fsp3) is 0.333. The van der Waals surface area contributed by atoms with E-state index in [9.17, 15) is 4.79 Å². The maximum atomic E-state index is 12.3. The standard InChI is InChI=1S/C18H20N4O2S/c1-5-24-15-8-6-14(7-9-15)16(23)10-25-18-20-17-19-12(3)11(2)13(4)22(17)21-18/h6-9H,5,10H2,1-4H3. The molecule has 25 heavy (non-hydrogen) atoms. The first-order valence-corrected chi connectivity index (χ1v) is 9.07. The SMILES string of the molecule is CCOc1ccc(C(=O)CSc2nc3nc(C)c(C)c(C)n3n2)cc1. The molecule has 6 nitrogen and oxygen atoms in total. The van der Waals surface area contributed by atoms with Crippen LogP contribution in [-0.4, -0.2) is 37.7 Å². The van der Waals surface area contributed by atoms with Gasteiger partial charge in [-0.25, -0.2) is 9.50 Å². The highest BCUT2D eigenvalue weighted by Gasteiger charge is 2.13. The Morgan fingerprint density at radius 2 is 1.88 bits per heavy atom. The van der Waals surface area contributed by atoms with E-state index in [0.29, 0.717) is 23.1 Å². The first-order valence-electron chi connectivity index (χ1n) is 8.09. The number of carbonyl (C=O) groups excluding carboxylic acids is 1. The van der Waals surface area contributed by atoms with E-state index in [1.54, 1.807) is 16.6 Å². The molecule has 1 aromatic carbocycles. The fourth-order valence-corrected chi connectivity index (χ4v) is 3.13. The van der Waals surface area contributed by atoms with Crippen molar-refractivity contribution < 1.29 is 9.53 Å². The molecule has 0 unspecified atom stereocenters. The molecular formula is C18H20N4O2S. The second kappa shape index (κ2) is 7.23. The summed E-state index contributed by atoms with van der Waals surface area (Å²) >= 11 is 1.32. The van der Waals surface area contributed by atoms with Crippen LogP contribution >= 0.6 is 11.8 Å². The van der Waals surface area contributed by atoms with Crippen molar-refractivity contribution in [3.63, 3.8) is 0 Å². The Morgan fingerprint density at radius 1 is 1.16 bits per heavy atom. The Morgan fingerprint density at radius 3 is 2.56 bits per heavy atom. The van der Waals surface area contributed by atoms with Gasteiger partial charge in [-0.1, -0.05) is 11.8 Å². The lowest BCUT2D eigenvalue weighted by Crippen LogP contribution is -2.03. The van der Waals surface area contributed by atoms with Crippen LogP contribution in [0.1, 0.15) is 34.2 Å². The van der Waals surface area contributed by atoms with E-state index in [4.69, 9.17) is 4.74 Å². The van der Waals surface area contributed by atoms with Crippen molar-refractivity contribution in [3.05, 3.63) is 46.8 Å². The van der Waals surface area contributed by atoms with Crippen molar-refractivity contribution in [2.75, 3.05) is 12.4 Å². The van der Waals surface area contributed by atoms with Crippen molar-refractivity contribution in [3.8, 4) is 5.75 Å². The molecule has 7 heteroatoms. The van der Waals surface area contributed by atoms with Gasteiger partial charge in [-0.05, 0) is 57.5 Å². The summed E-state index contributed by atoms with van der Waals surface area (Å²) in [6, 6.07) is 7.18. The summed E-state index contributed by atoms with van der Waals surface area (Å²) in [7, 11) is 0. The lowest BCUT2D eigenvalue weighted by Gasteiger charge is -2.04. The summed E-state index contributed by atoms with van der Waals surface area (Å²) in [5.74, 6) is 1.64. The Bertz CT molecular complexity index is 919. The number of nitrogens with zero attached hydrogens (tertiary/aromatic N) is 4. The summed E-state index contributed by atoms with van der Waals surface area (Å²) in [6.07, 6.45) is 0. The van der Waals surface area contributed by atoms with Crippen LogP contribution in [0.15, 0.2) is 29.4 Å². The van der Waals surface area contributed by atoms with Crippen molar-refractivity contribution in [1.82, 2.24) is 19.6 Å². The van der Waals surface area contributed by atoms with Crippen molar-refractivity contribution in [2.45, 2.75) is 32.9 Å². The molecule has 2 aromatic heterocycles. The van der Waals surface area contributed by atoms with Gasteiger partial charge in [0.25, 0.3) is 5.78 Å². The number of aryl methyl sites for hydroxylation is 2. The van der Waals surface area contributed by atoms with Gasteiger partial charge in [0.2, 0.25) is 5.16 Å². The van der Waals surface area contributed by atoms with Crippen LogP contribution in [-0.2, 0) is 0 Å². The van der Waals surface area contributed by atoms with Crippen LogP contribution in [0.5, 0.6) is 5.75 Å². The molecule has 0 radical (unpaired) electrons. The minimum atomic E-state index is 0.0314. The Hall–Kier alpha value is -2.41. The Labute approximate surface area is 150 Å². The highest BCUT2D eigenvalue weighted by Crippen LogP contribution is 2.19. The Balaban J connectivity index is 1.71. The van der Waals surface area contributed by atoms with E-state index in [1.807, 2.05) is 39.8 Å². The van der Waals surface area contributed by atoms with Crippen LogP contribution in [0.3, 0.4) is 0 Å². The number of aromatic nitrogens is 4. The number of carbonyl (C=O) groups is 1. The summed E-state index contributed by atoms with van der Waals surface area (Å²) in [6.45, 7) is 8.50. The third-order valence-corrected chi connectivity index (χ3v) is 4.90. The highest BCUT2D eigenvalue weighted by molar-refractivity contribution is 7.99. The highest BCUT2D eigenvalue weighted by atomic mass is 32.2. The molecule has 0 saturated heterocycles. The lowest BCUT2D eigenvalue weighted by atomic mass is 10.1. The van der Waals surface area contributed by atoms with Gasteiger partial charge in [0.1, 0.15) is 5.75 Å². The summed E-state index contributed by atoms with van der Waals surface area (Å²) in [4.78, 5) is 21.2. The van der Waals surface area contributed by atoms with Gasteiger partial charge in [-0.15, -0.1) is 5.10 Å². The predicted molar refractivity (Wildman–Crippen MR) is 97.7 cm³/mol. The van der Waals surface area contributed by atoms with Crippen LogP contribution < -0.4 is 4.74 Å². The number of hydrogen-bond acceptors (Lipinski definition) is 6. The van der Waals surface area contributed by atoms with Crippen molar-refractivity contribution in [1.29, 1.82) is 0 Å². The molecular weight excluding hydrogens is 336 g/mol. The van der Waals surface area contributed by atoms with Gasteiger partial charge >= 0.3 is 0 Å². The third kappa shape index (κ3) is 3.66. The maximum Gasteiger partial charge on any atom is 0.253 e. The monoisotopic (exact) mass is 356 g/mol. The van der Waals surface area contributed by atoms with E-state index in [0.717, 1.165) is 22.7 Å². The average molecular weight is 356 g/mol. The topological polar surface area (TPSA) is 69.4 Å². The molecule has 0 fully saturated rings. The zero-order valence-electron chi connectivity index (χ0n) is 14.7.